The second-order valence-corrected chi connectivity index (χ2v) is 9.36. The number of hydrogen-bond acceptors (Lipinski definition) is 7. The van der Waals surface area contributed by atoms with Crippen LogP contribution < -0.4 is 4.90 Å². The maximum Gasteiger partial charge on any atom is 0.410 e. The standard InChI is InChI=1S/C20H25N3O4S/c1-20(2,3)27-19(25)22-10-13-6-7-14(11-22)23(13)18-21-15-8-5-12(17(24)26-4)9-16(15)28-18/h5,8-9,13-14H,6-7,10-11H2,1-4H3. The minimum absolute atomic E-state index is 0.240. The number of esters is 1. The number of carbonyl (C=O) groups excluding carboxylic acids is 2. The summed E-state index contributed by atoms with van der Waals surface area (Å²) in [4.78, 5) is 33.2. The van der Waals surface area contributed by atoms with Crippen LogP contribution in [0, 0.1) is 0 Å². The molecule has 2 aliphatic heterocycles. The Balaban J connectivity index is 1.55. The van der Waals surface area contributed by atoms with Crippen molar-refractivity contribution >= 4 is 38.7 Å². The lowest BCUT2D eigenvalue weighted by Crippen LogP contribution is -2.56. The quantitative estimate of drug-likeness (QED) is 0.713. The van der Waals surface area contributed by atoms with Gasteiger partial charge in [-0.3, -0.25) is 0 Å². The van der Waals surface area contributed by atoms with E-state index in [9.17, 15) is 9.59 Å². The summed E-state index contributed by atoms with van der Waals surface area (Å²) < 4.78 is 11.3. The summed E-state index contributed by atoms with van der Waals surface area (Å²) >= 11 is 1.59. The minimum Gasteiger partial charge on any atom is -0.465 e. The van der Waals surface area contributed by atoms with Crippen molar-refractivity contribution in [2.24, 2.45) is 0 Å². The average molecular weight is 404 g/mol. The molecule has 0 radical (unpaired) electrons. The number of thiazole rings is 1. The zero-order chi connectivity index (χ0) is 20.1. The van der Waals surface area contributed by atoms with Crippen molar-refractivity contribution in [1.82, 2.24) is 9.88 Å². The van der Waals surface area contributed by atoms with Crippen molar-refractivity contribution in [3.05, 3.63) is 23.8 Å². The molecular formula is C20H25N3O4S. The number of ether oxygens (including phenoxy) is 2. The molecule has 0 aliphatic carbocycles. The molecule has 1 amide bonds. The van der Waals surface area contributed by atoms with Gasteiger partial charge in [-0.05, 0) is 51.8 Å². The number of anilines is 1. The van der Waals surface area contributed by atoms with Crippen molar-refractivity contribution in [1.29, 1.82) is 0 Å². The number of rotatable bonds is 2. The fourth-order valence-corrected chi connectivity index (χ4v) is 5.11. The predicted molar refractivity (Wildman–Crippen MR) is 108 cm³/mol. The lowest BCUT2D eigenvalue weighted by atomic mass is 10.2. The number of hydrogen-bond donors (Lipinski definition) is 0. The third-order valence-electron chi connectivity index (χ3n) is 5.15. The van der Waals surface area contributed by atoms with E-state index in [-0.39, 0.29) is 24.1 Å². The highest BCUT2D eigenvalue weighted by atomic mass is 32.1. The molecule has 1 aromatic carbocycles. The third kappa shape index (κ3) is 3.53. The fourth-order valence-electron chi connectivity index (χ4n) is 3.96. The third-order valence-corrected chi connectivity index (χ3v) is 6.18. The van der Waals surface area contributed by atoms with Gasteiger partial charge < -0.3 is 19.3 Å². The molecule has 0 spiro atoms. The molecule has 0 N–H and O–H groups in total. The summed E-state index contributed by atoms with van der Waals surface area (Å²) in [5, 5.41) is 0.952. The number of methoxy groups -OCH3 is 1. The Kier molecular flexibility index (Phi) is 4.69. The summed E-state index contributed by atoms with van der Waals surface area (Å²) in [6.07, 6.45) is 1.83. The van der Waals surface area contributed by atoms with Gasteiger partial charge in [0.25, 0.3) is 0 Å². The van der Waals surface area contributed by atoms with E-state index in [4.69, 9.17) is 14.5 Å². The van der Waals surface area contributed by atoms with Gasteiger partial charge in [0.1, 0.15) is 5.60 Å². The Hall–Kier alpha value is -2.35. The van der Waals surface area contributed by atoms with Crippen LogP contribution in [0.4, 0.5) is 9.93 Å². The number of likely N-dealkylation sites (tertiary alicyclic amines) is 1. The summed E-state index contributed by atoms with van der Waals surface area (Å²) in [5.74, 6) is -0.345. The van der Waals surface area contributed by atoms with E-state index in [1.807, 2.05) is 37.8 Å². The van der Waals surface area contributed by atoms with E-state index < -0.39 is 5.60 Å². The molecule has 3 heterocycles. The van der Waals surface area contributed by atoms with Gasteiger partial charge in [-0.15, -0.1) is 0 Å². The van der Waals surface area contributed by atoms with E-state index in [1.54, 1.807) is 17.4 Å². The van der Waals surface area contributed by atoms with Gasteiger partial charge >= 0.3 is 12.1 Å². The van der Waals surface area contributed by atoms with Crippen molar-refractivity contribution in [3.63, 3.8) is 0 Å². The number of aromatic nitrogens is 1. The highest BCUT2D eigenvalue weighted by molar-refractivity contribution is 7.22. The van der Waals surface area contributed by atoms with Crippen LogP contribution >= 0.6 is 11.3 Å². The Labute approximate surface area is 168 Å². The molecule has 1 aromatic heterocycles. The monoisotopic (exact) mass is 403 g/mol. The zero-order valence-corrected chi connectivity index (χ0v) is 17.4. The van der Waals surface area contributed by atoms with E-state index in [0.717, 1.165) is 28.2 Å². The van der Waals surface area contributed by atoms with Crippen LogP contribution in [0.2, 0.25) is 0 Å². The van der Waals surface area contributed by atoms with Crippen LogP contribution in [-0.4, -0.2) is 59.8 Å². The second-order valence-electron chi connectivity index (χ2n) is 8.35. The summed E-state index contributed by atoms with van der Waals surface area (Å²) in [7, 11) is 1.38. The lowest BCUT2D eigenvalue weighted by Gasteiger charge is -2.41. The molecule has 2 aromatic rings. The van der Waals surface area contributed by atoms with Crippen LogP contribution in [0.1, 0.15) is 44.0 Å². The van der Waals surface area contributed by atoms with Gasteiger partial charge in [-0.1, -0.05) is 11.3 Å². The van der Waals surface area contributed by atoms with Crippen molar-refractivity contribution in [2.45, 2.75) is 51.3 Å². The molecule has 7 nitrogen and oxygen atoms in total. The van der Waals surface area contributed by atoms with Crippen LogP contribution in [0.15, 0.2) is 18.2 Å². The molecule has 2 fully saturated rings. The highest BCUT2D eigenvalue weighted by Crippen LogP contribution is 2.39. The van der Waals surface area contributed by atoms with Crippen LogP contribution in [0.5, 0.6) is 0 Å². The van der Waals surface area contributed by atoms with E-state index in [1.165, 1.54) is 7.11 Å². The first-order valence-electron chi connectivity index (χ1n) is 9.50. The van der Waals surface area contributed by atoms with Gasteiger partial charge in [0, 0.05) is 25.2 Å². The molecule has 4 rings (SSSR count). The molecule has 2 aliphatic rings. The average Bonchev–Trinajstić information content (AvgIpc) is 3.16. The molecular weight excluding hydrogens is 378 g/mol. The molecule has 2 saturated heterocycles. The number of fused-ring (bicyclic) bond motifs is 3. The molecule has 28 heavy (non-hydrogen) atoms. The molecule has 2 atom stereocenters. The number of benzene rings is 1. The Morgan fingerprint density at radius 3 is 2.46 bits per heavy atom. The van der Waals surface area contributed by atoms with Crippen LogP contribution in [0.25, 0.3) is 10.2 Å². The maximum atomic E-state index is 12.5. The highest BCUT2D eigenvalue weighted by Gasteiger charge is 2.43. The molecule has 2 bridgehead atoms. The van der Waals surface area contributed by atoms with E-state index >= 15 is 0 Å². The van der Waals surface area contributed by atoms with Gasteiger partial charge in [0.2, 0.25) is 0 Å². The lowest BCUT2D eigenvalue weighted by molar-refractivity contribution is 0.0209. The predicted octanol–water partition coefficient (Wildman–Crippen LogP) is 3.67. The van der Waals surface area contributed by atoms with Crippen molar-refractivity contribution in [3.8, 4) is 0 Å². The Morgan fingerprint density at radius 1 is 1.18 bits per heavy atom. The van der Waals surface area contributed by atoms with Gasteiger partial charge in [0.15, 0.2) is 5.13 Å². The SMILES string of the molecule is COC(=O)c1ccc2nc(N3C4CCC3CN(C(=O)OC(C)(C)C)C4)sc2c1. The Morgan fingerprint density at radius 2 is 1.86 bits per heavy atom. The Bertz CT molecular complexity index is 906. The van der Waals surface area contributed by atoms with Gasteiger partial charge in [0.05, 0.1) is 22.9 Å². The number of amides is 1. The van der Waals surface area contributed by atoms with Crippen LogP contribution in [-0.2, 0) is 9.47 Å². The van der Waals surface area contributed by atoms with Crippen LogP contribution in [0.3, 0.4) is 0 Å². The topological polar surface area (TPSA) is 72.0 Å². The van der Waals surface area contributed by atoms with Crippen molar-refractivity contribution in [2.75, 3.05) is 25.1 Å². The minimum atomic E-state index is -0.488. The van der Waals surface area contributed by atoms with E-state index in [2.05, 4.69) is 4.90 Å². The first kappa shape index (κ1) is 19.0. The van der Waals surface area contributed by atoms with Crippen molar-refractivity contribution < 1.29 is 19.1 Å². The molecule has 8 heteroatoms. The first-order chi connectivity index (χ1) is 13.2. The summed E-state index contributed by atoms with van der Waals surface area (Å²) in [6.45, 7) is 6.96. The summed E-state index contributed by atoms with van der Waals surface area (Å²) in [6, 6.07) is 5.92. The number of piperazine rings is 1. The fraction of sp³-hybridized carbons (Fsp3) is 0.550. The zero-order valence-electron chi connectivity index (χ0n) is 16.6. The molecule has 2 unspecified atom stereocenters. The summed E-state index contributed by atoms with van der Waals surface area (Å²) in [5.41, 5.74) is 0.919. The van der Waals surface area contributed by atoms with Gasteiger partial charge in [-0.2, -0.15) is 0 Å². The van der Waals surface area contributed by atoms with Gasteiger partial charge in [-0.25, -0.2) is 14.6 Å². The second kappa shape index (κ2) is 6.92. The first-order valence-corrected chi connectivity index (χ1v) is 10.3. The molecule has 150 valence electrons. The normalized spacial score (nSPS) is 21.9. The number of carbonyl (C=O) groups is 2. The number of nitrogens with zero attached hydrogens (tertiary/aromatic N) is 3. The smallest absolute Gasteiger partial charge is 0.410 e. The van der Waals surface area contributed by atoms with E-state index in [0.29, 0.717) is 18.7 Å². The largest absolute Gasteiger partial charge is 0.465 e. The molecule has 0 saturated carbocycles. The maximum absolute atomic E-state index is 12.5.